The van der Waals surface area contributed by atoms with Crippen LogP contribution in [0.15, 0.2) is 73.3 Å². The van der Waals surface area contributed by atoms with Crippen LogP contribution in [0.25, 0.3) is 10.9 Å². The zero-order valence-corrected chi connectivity index (χ0v) is 68.3. The Kier molecular flexibility index (Phi) is 37.5. The molecule has 0 spiro atoms. The summed E-state index contributed by atoms with van der Waals surface area (Å²) < 4.78 is 0. The molecular weight excluding hydrogens is 1530 g/mol. The molecule has 2 aromatic heterocycles. The maximum absolute atomic E-state index is 14.8. The van der Waals surface area contributed by atoms with Crippen molar-refractivity contribution in [3.63, 3.8) is 0 Å². The van der Waals surface area contributed by atoms with E-state index in [1.165, 1.54) is 50.1 Å². The number of aliphatic carboxylic acids is 3. The first-order valence-electron chi connectivity index (χ1n) is 38.7. The van der Waals surface area contributed by atoms with E-state index in [4.69, 9.17) is 11.5 Å². The number of primary amides is 2. The number of imidazole rings is 1. The van der Waals surface area contributed by atoms with E-state index < -0.39 is 150 Å². The van der Waals surface area contributed by atoms with Gasteiger partial charge in [-0.3, -0.25) is 96.4 Å². The van der Waals surface area contributed by atoms with Gasteiger partial charge >= 0.3 is 17.9 Å². The van der Waals surface area contributed by atoms with E-state index in [0.717, 1.165) is 4.90 Å². The Morgan fingerprint density at radius 2 is 1.10 bits per heavy atom. The number of nitrogens with zero attached hydrogens (tertiary/aromatic N) is 8. The highest BCUT2D eigenvalue weighted by Crippen LogP contribution is 2.23. The summed E-state index contributed by atoms with van der Waals surface area (Å²) in [6.45, 7) is 12.1. The number of para-hydroxylation sites is 1. The lowest BCUT2D eigenvalue weighted by Gasteiger charge is -2.34. The summed E-state index contributed by atoms with van der Waals surface area (Å²) in [7, 11) is 1.35. The van der Waals surface area contributed by atoms with Crippen molar-refractivity contribution in [3.8, 4) is 0 Å². The molecule has 6 rings (SSSR count). The van der Waals surface area contributed by atoms with Crippen LogP contribution < -0.4 is 54.0 Å². The summed E-state index contributed by atoms with van der Waals surface area (Å²) in [5, 5.41) is 51.6. The highest BCUT2D eigenvalue weighted by atomic mass is 32.2. The number of likely N-dealkylation sites (tertiary alicyclic amines) is 1. The van der Waals surface area contributed by atoms with E-state index in [1.807, 2.05) is 23.6 Å². The Bertz CT molecular complexity index is 3970. The van der Waals surface area contributed by atoms with Crippen LogP contribution in [0.4, 0.5) is 0 Å². The molecule has 4 aromatic rings. The predicted molar refractivity (Wildman–Crippen MR) is 429 cm³/mol. The second-order valence-corrected chi connectivity index (χ2v) is 31.8. The lowest BCUT2D eigenvalue weighted by atomic mass is 9.86. The minimum absolute atomic E-state index is 0.0636. The molecule has 39 heteroatoms. The van der Waals surface area contributed by atoms with Crippen LogP contribution in [0.3, 0.4) is 0 Å². The molecule has 638 valence electrons. The van der Waals surface area contributed by atoms with Crippen molar-refractivity contribution in [1.29, 1.82) is 0 Å². The first-order valence-corrected chi connectivity index (χ1v) is 40.1. The van der Waals surface area contributed by atoms with Gasteiger partial charge in [0.25, 0.3) is 0 Å². The molecule has 2 saturated heterocycles. The van der Waals surface area contributed by atoms with Crippen molar-refractivity contribution in [2.24, 2.45) is 22.8 Å². The van der Waals surface area contributed by atoms with Gasteiger partial charge in [0, 0.05) is 133 Å². The maximum Gasteiger partial charge on any atom is 0.317 e. The summed E-state index contributed by atoms with van der Waals surface area (Å²) in [6, 6.07) is 4.97. The minimum atomic E-state index is -1.56. The number of nitrogens with one attached hydrogen (secondary N) is 10. The molecule has 12 amide bonds. The molecule has 2 fully saturated rings. The van der Waals surface area contributed by atoms with Gasteiger partial charge in [0.1, 0.15) is 48.3 Å². The molecular formula is C77H116N20O18S. The number of hydrogen-bond acceptors (Lipinski definition) is 22. The highest BCUT2D eigenvalue weighted by Gasteiger charge is 2.40. The van der Waals surface area contributed by atoms with Gasteiger partial charge in [-0.15, -0.1) is 11.8 Å². The van der Waals surface area contributed by atoms with Crippen molar-refractivity contribution < 1.29 is 87.2 Å². The first kappa shape index (κ1) is 94.2. The number of aromatic nitrogens is 3. The number of carbonyl (C=O) groups excluding carboxylic acids is 12. The van der Waals surface area contributed by atoms with Gasteiger partial charge in [-0.2, -0.15) is 0 Å². The Morgan fingerprint density at radius 1 is 0.586 bits per heavy atom. The number of fused-ring (bicyclic) bond motifs is 1. The third-order valence-electron chi connectivity index (χ3n) is 20.1. The Morgan fingerprint density at radius 3 is 1.64 bits per heavy atom. The second-order valence-electron chi connectivity index (χ2n) is 31.0. The molecule has 0 bridgehead atoms. The van der Waals surface area contributed by atoms with E-state index in [0.29, 0.717) is 53.7 Å². The SMILES string of the molecule is CSCN(C(=O)[C@H](CC(C)C)NC(=O)[C@H](Cc1cnc[nH]1)N(C)C(=O)CNC(=O)[C@@H](NC(=O)[C@H](C)NC(=O)[C@H](Cc1c[nH]c2ccccc12)NC(=O)[C@H](CCC(N)=O)NC(=O)[C@@H](Cc1ccccc1)NC(=O)CN1CCC(NC(=O)CN2CCN(CC(=O)O)CCN(CC(=O)O)CCN(CC(=O)O)CC2)CC1)C(C)(C)C)[C@@H](C)C(N)=O. The third kappa shape index (κ3) is 31.5. The average Bonchev–Trinajstić information content (AvgIpc) is 1.57. The highest BCUT2D eigenvalue weighted by molar-refractivity contribution is 7.98. The van der Waals surface area contributed by atoms with E-state index in [2.05, 4.69) is 57.5 Å². The van der Waals surface area contributed by atoms with Gasteiger partial charge < -0.3 is 89.1 Å². The number of carboxylic acid groups (broad SMARTS) is 3. The monoisotopic (exact) mass is 1640 g/mol. The molecule has 2 aliphatic rings. The van der Waals surface area contributed by atoms with Crippen LogP contribution >= 0.6 is 11.8 Å². The van der Waals surface area contributed by atoms with Crippen LogP contribution in [-0.4, -0.2) is 332 Å². The third-order valence-corrected chi connectivity index (χ3v) is 20.7. The molecule has 2 aliphatic heterocycles. The van der Waals surface area contributed by atoms with Crippen LogP contribution in [-0.2, 0) is 91.2 Å². The molecule has 4 heterocycles. The largest absolute Gasteiger partial charge is 0.480 e. The van der Waals surface area contributed by atoms with Crippen molar-refractivity contribution in [1.82, 2.24) is 91.8 Å². The van der Waals surface area contributed by atoms with Crippen molar-refractivity contribution in [2.75, 3.05) is 124 Å². The predicted octanol–water partition coefficient (Wildman–Crippen LogP) is -2.77. The topological polar surface area (TPSA) is 532 Å². The standard InChI is InChI=1S/C77H116N20O18S/c1-47(2)33-59(76(115)97(46-116-9)49(4)69(79)108)89-74(113)60(36-53-38-80-45-83-53)91(8)64(101)39-82-75(114)68(77(5,6)7)90-70(109)48(3)84-72(111)58(35-51-37-81-55-18-14-13-17-54(51)55)88-71(110)56(19-20-61(78)98)87-73(112)57(34-50-15-11-10-12-16-50)86-63(100)41-92-23-21-52(22-24-92)85-62(99)40-93-25-27-94(42-65(102)103)29-31-96(44-67(106)107)32-30-95(28-26-93)43-66(104)105/h10-18,37-38,45,47-49,52,56-60,68,81H,19-36,39-44,46H2,1-9H3,(H2,78,98)(H2,79,108)(H,80,83)(H,82,114)(H,84,111)(H,85,99)(H,86,100)(H,87,112)(H,88,110)(H,89,113)(H,90,109)(H,102,103)(H,104,105)(H,106,107)/t48-,49-,56-,57+,58-,59-,60-,68+/m0/s1. The van der Waals surface area contributed by atoms with E-state index in [1.54, 1.807) is 103 Å². The molecule has 8 atom stereocenters. The molecule has 2 aromatic carbocycles. The number of carbonyl (C=O) groups is 15. The molecule has 0 saturated carbocycles. The second kappa shape index (κ2) is 46.2. The fraction of sp³-hybridized carbons (Fsp3) is 0.584. The summed E-state index contributed by atoms with van der Waals surface area (Å²) in [5.41, 5.74) is 12.5. The Balaban J connectivity index is 1.12. The van der Waals surface area contributed by atoms with Crippen molar-refractivity contribution in [2.45, 2.75) is 154 Å². The molecule has 0 unspecified atom stereocenters. The number of amides is 12. The number of nitrogens with two attached hydrogens (primary N) is 2. The van der Waals surface area contributed by atoms with E-state index in [-0.39, 0.29) is 141 Å². The average molecular weight is 1640 g/mol. The number of thioether (sulfide) groups is 1. The smallest absolute Gasteiger partial charge is 0.317 e. The number of rotatable bonds is 42. The van der Waals surface area contributed by atoms with Crippen LogP contribution in [0.2, 0.25) is 0 Å². The zero-order chi connectivity index (χ0) is 85.5. The normalized spacial score (nSPS) is 16.7. The Hall–Kier alpha value is -10.6. The molecule has 0 radical (unpaired) electrons. The number of aromatic amines is 2. The number of hydrogen-bond donors (Lipinski definition) is 15. The first-order chi connectivity index (χ1) is 54.9. The van der Waals surface area contributed by atoms with Crippen LogP contribution in [0.5, 0.6) is 0 Å². The molecule has 38 nitrogen and oxygen atoms in total. The van der Waals surface area contributed by atoms with Crippen LogP contribution in [0.1, 0.15) is 97.4 Å². The number of benzene rings is 2. The number of piperidine rings is 1. The quantitative estimate of drug-likeness (QED) is 0.0200. The van der Waals surface area contributed by atoms with Gasteiger partial charge in [0.2, 0.25) is 70.9 Å². The maximum atomic E-state index is 14.8. The van der Waals surface area contributed by atoms with Gasteiger partial charge in [-0.1, -0.05) is 83.1 Å². The Labute approximate surface area is 678 Å². The summed E-state index contributed by atoms with van der Waals surface area (Å²) in [6.07, 6.45) is 6.09. The number of carboxylic acids is 3. The number of H-pyrrole nitrogens is 2. The fourth-order valence-corrected chi connectivity index (χ4v) is 14.2. The molecule has 0 aliphatic carbocycles. The van der Waals surface area contributed by atoms with Gasteiger partial charge in [-0.25, -0.2) is 4.98 Å². The number of likely N-dealkylation sites (N-methyl/N-ethyl adjacent to an activating group) is 1. The van der Waals surface area contributed by atoms with Crippen molar-refractivity contribution >= 4 is 111 Å². The summed E-state index contributed by atoms with van der Waals surface area (Å²) in [5.74, 6) is -12.1. The van der Waals surface area contributed by atoms with E-state index >= 15 is 0 Å². The summed E-state index contributed by atoms with van der Waals surface area (Å²) >= 11 is 1.27. The molecule has 17 N–H and O–H groups in total. The molecule has 116 heavy (non-hydrogen) atoms. The van der Waals surface area contributed by atoms with Crippen molar-refractivity contribution in [3.05, 3.63) is 90.1 Å². The fourth-order valence-electron chi connectivity index (χ4n) is 13.5. The zero-order valence-electron chi connectivity index (χ0n) is 67.5. The lowest BCUT2D eigenvalue weighted by molar-refractivity contribution is -0.143. The van der Waals surface area contributed by atoms with Gasteiger partial charge in [-0.05, 0) is 74.3 Å². The van der Waals surface area contributed by atoms with E-state index in [9.17, 15) is 87.2 Å². The van der Waals surface area contributed by atoms with Gasteiger partial charge in [0.15, 0.2) is 0 Å². The minimum Gasteiger partial charge on any atom is -0.480 e. The lowest BCUT2D eigenvalue weighted by Crippen LogP contribution is -2.61. The summed E-state index contributed by atoms with van der Waals surface area (Å²) in [4.78, 5) is 225. The van der Waals surface area contributed by atoms with Crippen LogP contribution in [0, 0.1) is 11.3 Å². The van der Waals surface area contributed by atoms with Gasteiger partial charge in [0.05, 0.1) is 51.5 Å².